The number of hydrogen-bond acceptors (Lipinski definition) is 3. The highest BCUT2D eigenvalue weighted by molar-refractivity contribution is 5.76. The molecule has 1 atom stereocenters. The Balaban J connectivity index is 2.43. The van der Waals surface area contributed by atoms with Crippen molar-refractivity contribution in [2.24, 2.45) is 0 Å². The Morgan fingerprint density at radius 3 is 2.44 bits per heavy atom. The first-order valence-corrected chi connectivity index (χ1v) is 5.06. The van der Waals surface area contributed by atoms with Gasteiger partial charge in [-0.2, -0.15) is 0 Å². The van der Waals surface area contributed by atoms with Gasteiger partial charge in [-0.25, -0.2) is 0 Å². The molecule has 0 aliphatic carbocycles. The Bertz CT molecular complexity index is 359. The molecule has 0 saturated carbocycles. The first-order valence-electron chi connectivity index (χ1n) is 5.06. The second-order valence-corrected chi connectivity index (χ2v) is 3.44. The predicted octanol–water partition coefficient (Wildman–Crippen LogP) is 2.16. The first-order chi connectivity index (χ1) is 7.59. The van der Waals surface area contributed by atoms with Crippen LogP contribution in [-0.2, 0) is 14.3 Å². The molecule has 4 nitrogen and oxygen atoms in total. The van der Waals surface area contributed by atoms with Gasteiger partial charge in [0.1, 0.15) is 6.10 Å². The number of carbonyl (C=O) groups is 2. The Hall–Kier alpha value is -1.84. The van der Waals surface area contributed by atoms with Crippen LogP contribution in [0.15, 0.2) is 30.3 Å². The number of aliphatic carboxylic acids is 1. The Kier molecular flexibility index (Phi) is 4.51. The molecule has 0 aliphatic rings. The van der Waals surface area contributed by atoms with E-state index >= 15 is 0 Å². The lowest BCUT2D eigenvalue weighted by Gasteiger charge is -2.12. The predicted molar refractivity (Wildman–Crippen MR) is 57.8 cm³/mol. The smallest absolute Gasteiger partial charge is 0.306 e. The molecule has 0 bridgehead atoms. The van der Waals surface area contributed by atoms with Gasteiger partial charge in [0, 0.05) is 0 Å². The summed E-state index contributed by atoms with van der Waals surface area (Å²) < 4.78 is 5.08. The maximum absolute atomic E-state index is 11.2. The van der Waals surface area contributed by atoms with Crippen LogP contribution >= 0.6 is 0 Å². The second kappa shape index (κ2) is 5.90. The van der Waals surface area contributed by atoms with Gasteiger partial charge in [-0.3, -0.25) is 9.59 Å². The SMILES string of the molecule is C[C@H](OC(=O)CCC(=O)O)c1ccccc1. The number of carbonyl (C=O) groups excluding carboxylic acids is 1. The van der Waals surface area contributed by atoms with Crippen molar-refractivity contribution < 1.29 is 19.4 Å². The van der Waals surface area contributed by atoms with Crippen molar-refractivity contribution in [2.75, 3.05) is 0 Å². The van der Waals surface area contributed by atoms with Gasteiger partial charge in [0.2, 0.25) is 0 Å². The summed E-state index contributed by atoms with van der Waals surface area (Å²) in [6.45, 7) is 1.76. The fourth-order valence-corrected chi connectivity index (χ4v) is 1.26. The molecule has 4 heteroatoms. The first kappa shape index (κ1) is 12.2. The summed E-state index contributed by atoms with van der Waals surface area (Å²) >= 11 is 0. The highest BCUT2D eigenvalue weighted by Gasteiger charge is 2.12. The van der Waals surface area contributed by atoms with Gasteiger partial charge in [-0.1, -0.05) is 30.3 Å². The minimum absolute atomic E-state index is 0.0908. The third-order valence-electron chi connectivity index (χ3n) is 2.12. The van der Waals surface area contributed by atoms with E-state index in [1.54, 1.807) is 6.92 Å². The second-order valence-electron chi connectivity index (χ2n) is 3.44. The van der Waals surface area contributed by atoms with E-state index in [4.69, 9.17) is 9.84 Å². The third-order valence-corrected chi connectivity index (χ3v) is 2.12. The fraction of sp³-hybridized carbons (Fsp3) is 0.333. The van der Waals surface area contributed by atoms with E-state index in [1.165, 1.54) is 0 Å². The van der Waals surface area contributed by atoms with Crippen LogP contribution in [0.4, 0.5) is 0 Å². The number of carboxylic acid groups (broad SMARTS) is 1. The summed E-state index contributed by atoms with van der Waals surface area (Å²) in [5, 5.41) is 8.41. The molecule has 86 valence electrons. The zero-order valence-electron chi connectivity index (χ0n) is 9.05. The monoisotopic (exact) mass is 222 g/mol. The van der Waals surface area contributed by atoms with Crippen LogP contribution in [0.2, 0.25) is 0 Å². The van der Waals surface area contributed by atoms with Gasteiger partial charge in [-0.15, -0.1) is 0 Å². The number of ether oxygens (including phenoxy) is 1. The molecule has 16 heavy (non-hydrogen) atoms. The molecule has 0 radical (unpaired) electrons. The Morgan fingerprint density at radius 1 is 1.25 bits per heavy atom. The Labute approximate surface area is 93.9 Å². The lowest BCUT2D eigenvalue weighted by molar-refractivity contribution is -0.151. The highest BCUT2D eigenvalue weighted by Crippen LogP contribution is 2.16. The van der Waals surface area contributed by atoms with Crippen molar-refractivity contribution in [3.8, 4) is 0 Å². The van der Waals surface area contributed by atoms with Crippen LogP contribution in [0.25, 0.3) is 0 Å². The van der Waals surface area contributed by atoms with Crippen molar-refractivity contribution in [3.63, 3.8) is 0 Å². The van der Waals surface area contributed by atoms with Gasteiger partial charge >= 0.3 is 11.9 Å². The fourth-order valence-electron chi connectivity index (χ4n) is 1.26. The molecule has 0 aromatic heterocycles. The van der Waals surface area contributed by atoms with Gasteiger partial charge in [0.15, 0.2) is 0 Å². The van der Waals surface area contributed by atoms with E-state index in [2.05, 4.69) is 0 Å². The van der Waals surface area contributed by atoms with Gasteiger partial charge < -0.3 is 9.84 Å². The summed E-state index contributed by atoms with van der Waals surface area (Å²) in [6.07, 6.45) is -0.630. The maximum Gasteiger partial charge on any atom is 0.306 e. The highest BCUT2D eigenvalue weighted by atomic mass is 16.5. The molecular formula is C12H14O4. The molecule has 0 fully saturated rings. The summed E-state index contributed by atoms with van der Waals surface area (Å²) in [5.74, 6) is -1.48. The maximum atomic E-state index is 11.2. The van der Waals surface area contributed by atoms with E-state index in [9.17, 15) is 9.59 Å². The van der Waals surface area contributed by atoms with E-state index in [0.29, 0.717) is 0 Å². The topological polar surface area (TPSA) is 63.6 Å². The van der Waals surface area contributed by atoms with Crippen LogP contribution in [0, 0.1) is 0 Å². The van der Waals surface area contributed by atoms with Crippen LogP contribution < -0.4 is 0 Å². The summed E-state index contributed by atoms with van der Waals surface area (Å²) in [6, 6.07) is 9.31. The van der Waals surface area contributed by atoms with Gasteiger partial charge in [-0.05, 0) is 12.5 Å². The molecule has 0 unspecified atom stereocenters. The lowest BCUT2D eigenvalue weighted by atomic mass is 10.1. The van der Waals surface area contributed by atoms with Crippen LogP contribution in [0.3, 0.4) is 0 Å². The van der Waals surface area contributed by atoms with Crippen molar-refractivity contribution in [1.82, 2.24) is 0 Å². The van der Waals surface area contributed by atoms with Gasteiger partial charge in [0.25, 0.3) is 0 Å². The zero-order valence-corrected chi connectivity index (χ0v) is 9.05. The molecule has 0 amide bonds. The molecule has 1 rings (SSSR count). The number of benzene rings is 1. The molecular weight excluding hydrogens is 208 g/mol. The van der Waals surface area contributed by atoms with E-state index in [0.717, 1.165) is 5.56 Å². The van der Waals surface area contributed by atoms with Crippen LogP contribution in [0.1, 0.15) is 31.4 Å². The zero-order chi connectivity index (χ0) is 12.0. The number of carboxylic acids is 1. The van der Waals surface area contributed by atoms with Gasteiger partial charge in [0.05, 0.1) is 12.8 Å². The molecule has 0 aliphatic heterocycles. The minimum Gasteiger partial charge on any atom is -0.481 e. The molecule has 0 saturated heterocycles. The molecule has 0 heterocycles. The van der Waals surface area contributed by atoms with E-state index < -0.39 is 11.9 Å². The summed E-state index contributed by atoms with van der Waals surface area (Å²) in [4.78, 5) is 21.5. The standard InChI is InChI=1S/C12H14O4/c1-9(10-5-3-2-4-6-10)16-12(15)8-7-11(13)14/h2-6,9H,7-8H2,1H3,(H,13,14)/t9-/m0/s1. The van der Waals surface area contributed by atoms with Crippen molar-refractivity contribution >= 4 is 11.9 Å². The molecule has 0 spiro atoms. The summed E-state index contributed by atoms with van der Waals surface area (Å²) in [7, 11) is 0. The van der Waals surface area contributed by atoms with Crippen LogP contribution in [-0.4, -0.2) is 17.0 Å². The lowest BCUT2D eigenvalue weighted by Crippen LogP contribution is -2.10. The summed E-state index contributed by atoms with van der Waals surface area (Å²) in [5.41, 5.74) is 0.895. The van der Waals surface area contributed by atoms with Crippen LogP contribution in [0.5, 0.6) is 0 Å². The minimum atomic E-state index is -0.996. The quantitative estimate of drug-likeness (QED) is 0.775. The van der Waals surface area contributed by atoms with E-state index in [1.807, 2.05) is 30.3 Å². The largest absolute Gasteiger partial charge is 0.481 e. The van der Waals surface area contributed by atoms with E-state index in [-0.39, 0.29) is 18.9 Å². The number of esters is 1. The average molecular weight is 222 g/mol. The molecule has 1 N–H and O–H groups in total. The average Bonchev–Trinajstić information content (AvgIpc) is 2.27. The number of hydrogen-bond donors (Lipinski definition) is 1. The normalized spacial score (nSPS) is 11.8. The molecule has 1 aromatic carbocycles. The van der Waals surface area contributed by atoms with Crippen molar-refractivity contribution in [2.45, 2.75) is 25.9 Å². The third kappa shape index (κ3) is 4.13. The molecule has 1 aromatic rings. The van der Waals surface area contributed by atoms with Crippen molar-refractivity contribution in [3.05, 3.63) is 35.9 Å². The Morgan fingerprint density at radius 2 is 1.88 bits per heavy atom. The van der Waals surface area contributed by atoms with Crippen molar-refractivity contribution in [1.29, 1.82) is 0 Å². The number of rotatable bonds is 5.